The number of halogens is 2. The van der Waals surface area contributed by atoms with E-state index in [1.807, 2.05) is 53.2 Å². The molecule has 1 aliphatic heterocycles. The minimum atomic E-state index is -0.649. The number of hydrogen-bond donors (Lipinski definition) is 0. The van der Waals surface area contributed by atoms with Gasteiger partial charge >= 0.3 is 6.01 Å². The minimum absolute atomic E-state index is 0.0732. The molecule has 384 valence electrons. The Labute approximate surface area is 452 Å². The second kappa shape index (κ2) is 18.8. The zero-order chi connectivity index (χ0) is 54.3. The summed E-state index contributed by atoms with van der Waals surface area (Å²) < 4.78 is 44.0. The Bertz CT molecular complexity index is 4000. The van der Waals surface area contributed by atoms with Crippen molar-refractivity contribution >= 4 is 50.6 Å². The van der Waals surface area contributed by atoms with Gasteiger partial charge in [0.05, 0.1) is 28.2 Å². The third-order valence-corrected chi connectivity index (χ3v) is 14.9. The highest BCUT2D eigenvalue weighted by atomic mass is 19.1. The van der Waals surface area contributed by atoms with Gasteiger partial charge in [0.15, 0.2) is 0 Å². The molecule has 2 aromatic heterocycles. The van der Waals surface area contributed by atoms with Crippen molar-refractivity contribution in [2.45, 2.75) is 105 Å². The molecule has 0 fully saturated rings. The molecule has 11 rings (SSSR count). The maximum Gasteiger partial charge on any atom is 0.503 e. The summed E-state index contributed by atoms with van der Waals surface area (Å²) in [7, 11) is 0. The van der Waals surface area contributed by atoms with Crippen LogP contribution in [0.2, 0.25) is 0 Å². The van der Waals surface area contributed by atoms with Crippen LogP contribution in [0, 0.1) is 11.6 Å². The average molecular weight is 1020 g/mol. The van der Waals surface area contributed by atoms with Gasteiger partial charge in [-0.25, -0.2) is 13.8 Å². The van der Waals surface area contributed by atoms with Crippen LogP contribution >= 0.6 is 0 Å². The normalized spacial score (nSPS) is 13.0. The summed E-state index contributed by atoms with van der Waals surface area (Å²) >= 11 is 0. The molecule has 3 heterocycles. The molecule has 0 aliphatic carbocycles. The fourth-order valence-electron chi connectivity index (χ4n) is 10.9. The Morgan fingerprint density at radius 3 is 1.70 bits per heavy atom. The lowest BCUT2D eigenvalue weighted by Gasteiger charge is -2.34. The molecule has 0 radical (unpaired) electrons. The molecule has 0 bridgehead atoms. The number of fused-ring (bicyclic) bond motifs is 4. The van der Waals surface area contributed by atoms with E-state index in [0.717, 1.165) is 73.1 Å². The first-order valence-electron chi connectivity index (χ1n) is 26.6. The molecule has 0 amide bonds. The first-order chi connectivity index (χ1) is 36.5. The quantitative estimate of drug-likeness (QED) is 0.142. The number of aromatic nitrogens is 2. The predicted molar refractivity (Wildman–Crippen MR) is 317 cm³/mol. The second-order valence-electron chi connectivity index (χ2n) is 24.7. The van der Waals surface area contributed by atoms with Crippen LogP contribution < -0.4 is 13.9 Å². The van der Waals surface area contributed by atoms with Crippen LogP contribution in [0.15, 0.2) is 182 Å². The van der Waals surface area contributed by atoms with Gasteiger partial charge in [-0.05, 0) is 136 Å². The zero-order valence-electron chi connectivity index (χ0n) is 46.3. The number of hydrogen-bond acceptors (Lipinski definition) is 2. The van der Waals surface area contributed by atoms with Crippen LogP contribution in [0.3, 0.4) is 0 Å². The first-order valence-corrected chi connectivity index (χ1v) is 26.6. The second-order valence-corrected chi connectivity index (χ2v) is 24.7. The molecule has 0 spiro atoms. The molecule has 1 aliphatic rings. The molecule has 5 nitrogen and oxygen atoms in total. The van der Waals surface area contributed by atoms with E-state index in [0.29, 0.717) is 22.6 Å². The zero-order valence-corrected chi connectivity index (χ0v) is 46.3. The summed E-state index contributed by atoms with van der Waals surface area (Å²) in [4.78, 5) is 4.96. The number of benzene rings is 8. The summed E-state index contributed by atoms with van der Waals surface area (Å²) in [6, 6.07) is 62.3. The lowest BCUT2D eigenvalue weighted by molar-refractivity contribution is 0.483. The van der Waals surface area contributed by atoms with Crippen molar-refractivity contribution in [3.63, 3.8) is 0 Å². The molecule has 8 aromatic carbocycles. The van der Waals surface area contributed by atoms with Crippen molar-refractivity contribution in [2.24, 2.45) is 0 Å². The van der Waals surface area contributed by atoms with Crippen molar-refractivity contribution < 1.29 is 13.5 Å². The molecule has 77 heavy (non-hydrogen) atoms. The van der Waals surface area contributed by atoms with Crippen LogP contribution in [0.4, 0.5) is 31.5 Å². The van der Waals surface area contributed by atoms with Gasteiger partial charge in [0.25, 0.3) is 11.4 Å². The van der Waals surface area contributed by atoms with Crippen molar-refractivity contribution in [2.75, 3.05) is 0 Å². The Hall–Kier alpha value is -8.25. The highest BCUT2D eigenvalue weighted by Crippen LogP contribution is 2.49. The van der Waals surface area contributed by atoms with Gasteiger partial charge < -0.3 is 4.74 Å². The topological polar surface area (TPSA) is 33.1 Å². The summed E-state index contributed by atoms with van der Waals surface area (Å²) in [6.45, 7) is 27.3. The standard InChI is InChI=1S/C70H66F2N4O/c1-67(2,3)47-31-32-73-64(39-47)76-60-26-17-16-23-56(60)57-30-29-52(42-63(57)76)77-53-36-46(65-58(69(7,8)9)37-48(68(4,5)6)38-59(65)70(10,11)12)35-51(41-53)74-43-75(62-28-19-18-27-61(62)74)66-54(44-21-14-13-15-22-44)24-20-25-55(66)45-33-49(71)40-50(72)34-45/h13-42H,1-12H3/q+2. The van der Waals surface area contributed by atoms with E-state index >= 15 is 8.78 Å². The highest BCUT2D eigenvalue weighted by molar-refractivity contribution is 6.09. The number of ether oxygens (including phenoxy) is 1. The van der Waals surface area contributed by atoms with Crippen LogP contribution in [0.5, 0.6) is 11.5 Å². The van der Waals surface area contributed by atoms with Gasteiger partial charge in [0.2, 0.25) is 11.4 Å². The van der Waals surface area contributed by atoms with Crippen LogP contribution in [-0.2, 0) is 21.7 Å². The predicted octanol–water partition coefficient (Wildman–Crippen LogP) is 19.3. The summed E-state index contributed by atoms with van der Waals surface area (Å²) in [5, 5.41) is 2.23. The van der Waals surface area contributed by atoms with Gasteiger partial charge in [0, 0.05) is 47.3 Å². The first kappa shape index (κ1) is 50.9. The van der Waals surface area contributed by atoms with E-state index in [2.05, 4.69) is 213 Å². The summed E-state index contributed by atoms with van der Waals surface area (Å²) in [6.07, 6.45) is 1.91. The highest BCUT2D eigenvalue weighted by Gasteiger charge is 2.40. The molecule has 10 aromatic rings. The Morgan fingerprint density at radius 2 is 1.05 bits per heavy atom. The van der Waals surface area contributed by atoms with E-state index in [1.54, 1.807) is 0 Å². The molecule has 0 atom stereocenters. The van der Waals surface area contributed by atoms with E-state index in [4.69, 9.17) is 9.72 Å². The summed E-state index contributed by atoms with van der Waals surface area (Å²) in [5.41, 5.74) is 14.7. The molecular formula is C70H66F2N4O+2. The van der Waals surface area contributed by atoms with Crippen molar-refractivity contribution in [3.05, 3.63) is 216 Å². The van der Waals surface area contributed by atoms with E-state index in [-0.39, 0.29) is 21.7 Å². The minimum Gasteiger partial charge on any atom is -0.457 e. The van der Waals surface area contributed by atoms with Gasteiger partial charge in [-0.15, -0.1) is 0 Å². The van der Waals surface area contributed by atoms with Crippen molar-refractivity contribution in [1.82, 2.24) is 18.7 Å². The van der Waals surface area contributed by atoms with Gasteiger partial charge in [-0.1, -0.05) is 162 Å². The molecule has 0 saturated heterocycles. The maximum absolute atomic E-state index is 15.2. The molecule has 0 saturated carbocycles. The Morgan fingerprint density at radius 1 is 0.455 bits per heavy atom. The number of para-hydroxylation sites is 4. The third kappa shape index (κ3) is 9.59. The molecule has 7 heteroatoms. The Balaban J connectivity index is 1.19. The third-order valence-electron chi connectivity index (χ3n) is 14.9. The molecule has 0 unspecified atom stereocenters. The molecule has 0 N–H and O–H groups in total. The SMILES string of the molecule is CC(C)(C)c1ccnc(-n2c3ccccc3c3ccc(Oc4cc(-c5c(C(C)(C)C)cc(C(C)(C)C)cc5C(C)(C)C)cc([N+]5=C=[N+](c6c(-c7ccccc7)cccc6-c6cc(F)cc(F)c6)c6ccccc65)c4)cc32)c1. The lowest BCUT2D eigenvalue weighted by Crippen LogP contribution is -2.23. The van der Waals surface area contributed by atoms with Gasteiger partial charge in [-0.2, -0.15) is 0 Å². The van der Waals surface area contributed by atoms with Crippen LogP contribution in [0.1, 0.15) is 105 Å². The summed E-state index contributed by atoms with van der Waals surface area (Å²) in [5.74, 6) is 0.862. The van der Waals surface area contributed by atoms with Crippen LogP contribution in [-0.4, -0.2) is 15.6 Å². The number of pyridine rings is 1. The number of nitrogens with zero attached hydrogens (tertiary/aromatic N) is 4. The molecular weight excluding hydrogens is 951 g/mol. The van der Waals surface area contributed by atoms with E-state index in [9.17, 15) is 0 Å². The lowest BCUT2D eigenvalue weighted by atomic mass is 9.71. The fourth-order valence-corrected chi connectivity index (χ4v) is 10.9. The average Bonchev–Trinajstić information content (AvgIpc) is 3.93. The van der Waals surface area contributed by atoms with Crippen LogP contribution in [0.25, 0.3) is 61.0 Å². The fraction of sp³-hybridized carbons (Fsp3) is 0.229. The Kier molecular flexibility index (Phi) is 12.4. The van der Waals surface area contributed by atoms with E-state index < -0.39 is 11.6 Å². The van der Waals surface area contributed by atoms with Gasteiger partial charge in [-0.3, -0.25) is 4.57 Å². The van der Waals surface area contributed by atoms with Crippen molar-refractivity contribution in [3.8, 4) is 50.7 Å². The monoisotopic (exact) mass is 1020 g/mol. The smallest absolute Gasteiger partial charge is 0.457 e. The largest absolute Gasteiger partial charge is 0.503 e. The van der Waals surface area contributed by atoms with E-state index in [1.165, 1.54) is 39.9 Å². The maximum atomic E-state index is 15.2. The van der Waals surface area contributed by atoms with Gasteiger partial charge in [0.1, 0.15) is 29.0 Å². The number of rotatable bonds is 8. The van der Waals surface area contributed by atoms with Crippen molar-refractivity contribution in [1.29, 1.82) is 0 Å².